The average molecular weight is 288 g/mol. The molecule has 1 unspecified atom stereocenters. The lowest BCUT2D eigenvalue weighted by Crippen LogP contribution is -2.49. The highest BCUT2D eigenvalue weighted by atomic mass is 16.5. The van der Waals surface area contributed by atoms with Crippen molar-refractivity contribution in [1.82, 2.24) is 9.88 Å². The molecular formula is C15H16N2O4. The molecule has 0 spiro atoms. The van der Waals surface area contributed by atoms with Gasteiger partial charge in [0.2, 0.25) is 5.91 Å². The predicted molar refractivity (Wildman–Crippen MR) is 75.9 cm³/mol. The van der Waals surface area contributed by atoms with Gasteiger partial charge in [-0.15, -0.1) is 0 Å². The third-order valence-electron chi connectivity index (χ3n) is 3.88. The number of carbonyl (C=O) groups excluding carboxylic acids is 1. The quantitative estimate of drug-likeness (QED) is 0.887. The number of carbonyl (C=O) groups is 2. The number of carboxylic acids is 1. The molecule has 1 aliphatic heterocycles. The van der Waals surface area contributed by atoms with E-state index in [-0.39, 0.29) is 19.1 Å². The van der Waals surface area contributed by atoms with Gasteiger partial charge in [-0.1, -0.05) is 18.2 Å². The number of aliphatic carboxylic acids is 1. The number of aromatic nitrogens is 1. The minimum atomic E-state index is -0.990. The van der Waals surface area contributed by atoms with Crippen molar-refractivity contribution in [2.45, 2.75) is 19.0 Å². The summed E-state index contributed by atoms with van der Waals surface area (Å²) in [6.45, 7) is 0.155. The molecule has 2 heterocycles. The van der Waals surface area contributed by atoms with Gasteiger partial charge in [0.15, 0.2) is 0 Å². The molecule has 0 aliphatic carbocycles. The van der Waals surface area contributed by atoms with E-state index >= 15 is 0 Å². The van der Waals surface area contributed by atoms with Crippen LogP contribution in [-0.4, -0.2) is 46.6 Å². The number of fused-ring (bicyclic) bond motifs is 3. The van der Waals surface area contributed by atoms with Gasteiger partial charge in [-0.25, -0.2) is 4.79 Å². The van der Waals surface area contributed by atoms with Crippen LogP contribution in [0.25, 0.3) is 10.9 Å². The molecule has 1 atom stereocenters. The Kier molecular flexibility index (Phi) is 3.39. The number of hydrogen-bond acceptors (Lipinski definition) is 3. The van der Waals surface area contributed by atoms with Crippen LogP contribution in [-0.2, 0) is 27.3 Å². The van der Waals surface area contributed by atoms with Gasteiger partial charge in [-0.2, -0.15) is 0 Å². The summed E-state index contributed by atoms with van der Waals surface area (Å²) in [5, 5.41) is 10.4. The van der Waals surface area contributed by atoms with Crippen LogP contribution in [0.3, 0.4) is 0 Å². The van der Waals surface area contributed by atoms with Crippen LogP contribution in [0.1, 0.15) is 11.3 Å². The number of methoxy groups -OCH3 is 1. The number of aromatic amines is 1. The minimum absolute atomic E-state index is 0.112. The standard InChI is InChI=1S/C15H16N2O4/c1-21-8-14(18)17-7-12-10(6-13(17)15(19)20)9-4-2-3-5-11(9)16-12/h2-5,13,16H,6-8H2,1H3,(H,19,20). The molecule has 2 N–H and O–H groups in total. The molecule has 0 bridgehead atoms. The van der Waals surface area contributed by atoms with E-state index in [2.05, 4.69) is 4.98 Å². The van der Waals surface area contributed by atoms with E-state index in [0.717, 1.165) is 22.2 Å². The van der Waals surface area contributed by atoms with Crippen LogP contribution < -0.4 is 0 Å². The fourth-order valence-corrected chi connectivity index (χ4v) is 2.90. The van der Waals surface area contributed by atoms with Gasteiger partial charge in [0, 0.05) is 30.1 Å². The zero-order valence-corrected chi connectivity index (χ0v) is 11.6. The Hall–Kier alpha value is -2.34. The van der Waals surface area contributed by atoms with E-state index in [4.69, 9.17) is 4.74 Å². The van der Waals surface area contributed by atoms with Crippen molar-refractivity contribution in [1.29, 1.82) is 0 Å². The number of amides is 1. The molecule has 0 saturated carbocycles. The number of carboxylic acid groups (broad SMARTS) is 1. The summed E-state index contributed by atoms with van der Waals surface area (Å²) in [6.07, 6.45) is 0.310. The predicted octanol–water partition coefficient (Wildman–Crippen LogP) is 1.15. The average Bonchev–Trinajstić information content (AvgIpc) is 2.83. The maximum absolute atomic E-state index is 12.1. The summed E-state index contributed by atoms with van der Waals surface area (Å²) in [5.74, 6) is -1.30. The smallest absolute Gasteiger partial charge is 0.326 e. The largest absolute Gasteiger partial charge is 0.480 e. The van der Waals surface area contributed by atoms with Gasteiger partial charge in [0.25, 0.3) is 0 Å². The van der Waals surface area contributed by atoms with E-state index in [1.165, 1.54) is 12.0 Å². The zero-order chi connectivity index (χ0) is 15.0. The Labute approximate surface area is 121 Å². The lowest BCUT2D eigenvalue weighted by Gasteiger charge is -2.33. The molecule has 0 radical (unpaired) electrons. The first-order valence-electron chi connectivity index (χ1n) is 6.71. The first-order chi connectivity index (χ1) is 10.1. The monoisotopic (exact) mass is 288 g/mol. The Morgan fingerprint density at radius 3 is 2.90 bits per heavy atom. The highest BCUT2D eigenvalue weighted by Crippen LogP contribution is 2.30. The molecule has 1 aliphatic rings. The second-order valence-corrected chi connectivity index (χ2v) is 5.14. The molecule has 21 heavy (non-hydrogen) atoms. The zero-order valence-electron chi connectivity index (χ0n) is 11.6. The number of hydrogen-bond donors (Lipinski definition) is 2. The van der Waals surface area contributed by atoms with Crippen LogP contribution in [0, 0.1) is 0 Å². The molecule has 110 valence electrons. The highest BCUT2D eigenvalue weighted by molar-refractivity contribution is 5.89. The summed E-state index contributed by atoms with van der Waals surface area (Å²) in [7, 11) is 1.42. The number of nitrogens with one attached hydrogen (secondary N) is 1. The number of rotatable bonds is 3. The maximum atomic E-state index is 12.1. The van der Waals surface area contributed by atoms with Crippen molar-refractivity contribution >= 4 is 22.8 Å². The Morgan fingerprint density at radius 1 is 1.43 bits per heavy atom. The van der Waals surface area contributed by atoms with Crippen LogP contribution in [0.15, 0.2) is 24.3 Å². The van der Waals surface area contributed by atoms with Gasteiger partial charge in [0.1, 0.15) is 12.6 Å². The third-order valence-corrected chi connectivity index (χ3v) is 3.88. The second-order valence-electron chi connectivity index (χ2n) is 5.14. The molecule has 0 fully saturated rings. The SMILES string of the molecule is COCC(=O)N1Cc2[nH]c3ccccc3c2CC1C(=O)O. The van der Waals surface area contributed by atoms with Gasteiger partial charge >= 0.3 is 5.97 Å². The topological polar surface area (TPSA) is 82.6 Å². The van der Waals surface area contributed by atoms with E-state index in [9.17, 15) is 14.7 Å². The van der Waals surface area contributed by atoms with E-state index in [1.54, 1.807) is 0 Å². The Morgan fingerprint density at radius 2 is 2.19 bits per heavy atom. The third kappa shape index (κ3) is 2.27. The van der Waals surface area contributed by atoms with Crippen LogP contribution in [0.4, 0.5) is 0 Å². The van der Waals surface area contributed by atoms with Crippen molar-refractivity contribution in [3.05, 3.63) is 35.5 Å². The number of H-pyrrole nitrogens is 1. The van der Waals surface area contributed by atoms with Crippen molar-refractivity contribution in [3.63, 3.8) is 0 Å². The molecule has 3 rings (SSSR count). The molecule has 1 aromatic heterocycles. The Bertz CT molecular complexity index is 707. The van der Waals surface area contributed by atoms with Crippen molar-refractivity contribution in [2.75, 3.05) is 13.7 Å². The van der Waals surface area contributed by atoms with E-state index in [1.807, 2.05) is 24.3 Å². The molecule has 0 saturated heterocycles. The molecule has 2 aromatic rings. The number of para-hydroxylation sites is 1. The number of nitrogens with zero attached hydrogens (tertiary/aromatic N) is 1. The fourth-order valence-electron chi connectivity index (χ4n) is 2.90. The first-order valence-corrected chi connectivity index (χ1v) is 6.71. The number of benzene rings is 1. The lowest BCUT2D eigenvalue weighted by atomic mass is 9.96. The summed E-state index contributed by atoms with van der Waals surface area (Å²) in [5.41, 5.74) is 2.85. The molecule has 6 heteroatoms. The van der Waals surface area contributed by atoms with Crippen molar-refractivity contribution in [2.24, 2.45) is 0 Å². The summed E-state index contributed by atoms with van der Waals surface area (Å²) >= 11 is 0. The molecule has 1 amide bonds. The lowest BCUT2D eigenvalue weighted by molar-refractivity contribution is -0.153. The normalized spacial score (nSPS) is 17.8. The fraction of sp³-hybridized carbons (Fsp3) is 0.333. The van der Waals surface area contributed by atoms with E-state index in [0.29, 0.717) is 6.42 Å². The van der Waals surface area contributed by atoms with Crippen LogP contribution in [0.2, 0.25) is 0 Å². The summed E-state index contributed by atoms with van der Waals surface area (Å²) < 4.78 is 4.84. The van der Waals surface area contributed by atoms with Gasteiger partial charge in [-0.05, 0) is 11.6 Å². The van der Waals surface area contributed by atoms with Crippen molar-refractivity contribution < 1.29 is 19.4 Å². The van der Waals surface area contributed by atoms with Gasteiger partial charge in [-0.3, -0.25) is 4.79 Å². The minimum Gasteiger partial charge on any atom is -0.480 e. The van der Waals surface area contributed by atoms with Crippen molar-refractivity contribution in [3.8, 4) is 0 Å². The second kappa shape index (κ2) is 5.21. The van der Waals surface area contributed by atoms with Crippen LogP contribution in [0.5, 0.6) is 0 Å². The summed E-state index contributed by atoms with van der Waals surface area (Å²) in [6, 6.07) is 6.92. The molecule has 6 nitrogen and oxygen atoms in total. The highest BCUT2D eigenvalue weighted by Gasteiger charge is 2.36. The summed E-state index contributed by atoms with van der Waals surface area (Å²) in [4.78, 5) is 28.2. The van der Waals surface area contributed by atoms with Gasteiger partial charge < -0.3 is 19.7 Å². The molecule has 1 aromatic carbocycles. The van der Waals surface area contributed by atoms with E-state index < -0.39 is 12.0 Å². The van der Waals surface area contributed by atoms with Gasteiger partial charge in [0.05, 0.1) is 6.54 Å². The maximum Gasteiger partial charge on any atom is 0.326 e. The van der Waals surface area contributed by atoms with Crippen LogP contribution >= 0.6 is 0 Å². The Balaban J connectivity index is 2.03. The number of ether oxygens (including phenoxy) is 1. The first kappa shape index (κ1) is 13.6. The molecular weight excluding hydrogens is 272 g/mol.